The largest absolute Gasteiger partial charge is 0.416 e. The monoisotopic (exact) mass is 749 g/mol. The highest BCUT2D eigenvalue weighted by molar-refractivity contribution is 6.23. The van der Waals surface area contributed by atoms with Crippen molar-refractivity contribution in [3.63, 3.8) is 0 Å². The topological polar surface area (TPSA) is 137 Å². The lowest BCUT2D eigenvalue weighted by molar-refractivity contribution is -0.138. The first-order chi connectivity index (χ1) is 26.2. The summed E-state index contributed by atoms with van der Waals surface area (Å²) < 4.78 is 42.8. The Morgan fingerprint density at radius 3 is 2.45 bits per heavy atom. The summed E-state index contributed by atoms with van der Waals surface area (Å²) in [6.07, 6.45) is -0.634. The number of hydrogen-bond acceptors (Lipinski definition) is 8. The van der Waals surface area contributed by atoms with Gasteiger partial charge in [-0.3, -0.25) is 38.9 Å². The molecule has 3 aromatic carbocycles. The highest BCUT2D eigenvalue weighted by Gasteiger charge is 2.45. The van der Waals surface area contributed by atoms with Gasteiger partial charge in [-0.1, -0.05) is 30.0 Å². The van der Waals surface area contributed by atoms with Gasteiger partial charge in [0.15, 0.2) is 0 Å². The standard InChI is InChI=1S/C40H34F3N7O5/c1-39(2,38(55)45-30-17-26(40(41,42)43)9-12-32(30)48-16-15-25-5-3-4-6-31(25)48)49-22-23(19-44-49)7-8-24-20-47(21-24)27-10-11-28-29(18-27)37(54)50(36(28)53)33-13-14-34(51)46-35(33)52/h3-6,9-12,17-19,22,24,33H,13-16,20-21H2,1-2H3,(H,45,55)(H,46,51,52). The molecule has 12 nitrogen and oxygen atoms in total. The quantitative estimate of drug-likeness (QED) is 0.211. The molecule has 0 spiro atoms. The van der Waals surface area contributed by atoms with Crippen molar-refractivity contribution in [3.8, 4) is 11.8 Å². The number of piperidine rings is 1. The van der Waals surface area contributed by atoms with Crippen LogP contribution in [0.5, 0.6) is 0 Å². The van der Waals surface area contributed by atoms with E-state index in [-0.39, 0.29) is 35.6 Å². The highest BCUT2D eigenvalue weighted by Crippen LogP contribution is 2.42. The lowest BCUT2D eigenvalue weighted by Crippen LogP contribution is -2.54. The number of imide groups is 2. The van der Waals surface area contributed by atoms with Crippen LogP contribution in [0.3, 0.4) is 0 Å². The van der Waals surface area contributed by atoms with Gasteiger partial charge in [-0.05, 0) is 74.7 Å². The normalized spacial score (nSPS) is 18.4. The fraction of sp³-hybridized carbons (Fsp3) is 0.300. The van der Waals surface area contributed by atoms with Crippen LogP contribution in [0.25, 0.3) is 0 Å². The van der Waals surface area contributed by atoms with Crippen molar-refractivity contribution in [2.45, 2.75) is 50.9 Å². The molecule has 5 amide bonds. The van der Waals surface area contributed by atoms with Crippen molar-refractivity contribution in [3.05, 3.63) is 101 Å². The first-order valence-electron chi connectivity index (χ1n) is 17.7. The predicted octanol–water partition coefficient (Wildman–Crippen LogP) is 4.86. The number of nitrogens with zero attached hydrogens (tertiary/aromatic N) is 5. The van der Waals surface area contributed by atoms with Gasteiger partial charge in [0, 0.05) is 43.6 Å². The Morgan fingerprint density at radius 2 is 1.69 bits per heavy atom. The van der Waals surface area contributed by atoms with Crippen molar-refractivity contribution < 1.29 is 37.1 Å². The van der Waals surface area contributed by atoms with Crippen LogP contribution in [0.4, 0.5) is 35.9 Å². The Labute approximate surface area is 313 Å². The number of benzene rings is 3. The molecule has 0 bridgehead atoms. The Bertz CT molecular complexity index is 2370. The molecular weight excluding hydrogens is 715 g/mol. The summed E-state index contributed by atoms with van der Waals surface area (Å²) >= 11 is 0. The maximum Gasteiger partial charge on any atom is 0.416 e. The summed E-state index contributed by atoms with van der Waals surface area (Å²) in [7, 11) is 0. The zero-order valence-electron chi connectivity index (χ0n) is 29.7. The second-order valence-electron chi connectivity index (χ2n) is 14.5. The number of carbonyl (C=O) groups is 5. The Morgan fingerprint density at radius 1 is 0.927 bits per heavy atom. The minimum absolute atomic E-state index is 0.0275. The van der Waals surface area contributed by atoms with Gasteiger partial charge in [0.25, 0.3) is 17.7 Å². The lowest BCUT2D eigenvalue weighted by Gasteiger charge is -2.38. The van der Waals surface area contributed by atoms with E-state index in [0.29, 0.717) is 30.9 Å². The molecule has 4 aromatic rings. The van der Waals surface area contributed by atoms with Gasteiger partial charge in [0.05, 0.1) is 45.7 Å². The maximum atomic E-state index is 13.8. The molecule has 0 saturated carbocycles. The number of rotatable bonds is 6. The summed E-state index contributed by atoms with van der Waals surface area (Å²) in [5.74, 6) is 3.46. The SMILES string of the molecule is CC(C)(C(=O)Nc1cc(C(F)(F)F)ccc1N1CCc2ccccc21)n1cc(C#CC2CN(c3ccc4c(c3)C(=O)N(C3CCC(=O)NC3=O)C4=O)C2)cn1. The van der Waals surface area contributed by atoms with Crippen molar-refractivity contribution in [2.24, 2.45) is 5.92 Å². The van der Waals surface area contributed by atoms with Crippen LogP contribution in [0, 0.1) is 17.8 Å². The van der Waals surface area contributed by atoms with Gasteiger partial charge in [-0.25, -0.2) is 0 Å². The van der Waals surface area contributed by atoms with Crippen LogP contribution in [-0.4, -0.2) is 69.9 Å². The molecule has 280 valence electrons. The number of fused-ring (bicyclic) bond motifs is 2. The summed E-state index contributed by atoms with van der Waals surface area (Å²) in [5.41, 5.74) is 1.93. The van der Waals surface area contributed by atoms with Gasteiger partial charge in [0.2, 0.25) is 11.8 Å². The third kappa shape index (κ3) is 6.37. The number of nitrogens with one attached hydrogen (secondary N) is 2. The van der Waals surface area contributed by atoms with Crippen LogP contribution >= 0.6 is 0 Å². The van der Waals surface area contributed by atoms with Gasteiger partial charge in [-0.2, -0.15) is 18.3 Å². The molecule has 2 N–H and O–H groups in total. The molecule has 8 rings (SSSR count). The molecule has 0 aliphatic carbocycles. The number of amides is 5. The van der Waals surface area contributed by atoms with E-state index >= 15 is 0 Å². The van der Waals surface area contributed by atoms with Crippen LogP contribution in [-0.2, 0) is 32.5 Å². The second-order valence-corrected chi connectivity index (χ2v) is 14.5. The van der Waals surface area contributed by atoms with Crippen molar-refractivity contribution in [2.75, 3.05) is 34.8 Å². The van der Waals surface area contributed by atoms with Crippen LogP contribution in [0.15, 0.2) is 73.1 Å². The summed E-state index contributed by atoms with van der Waals surface area (Å²) in [5, 5.41) is 9.31. The number of aromatic nitrogens is 2. The van der Waals surface area contributed by atoms with E-state index in [1.807, 2.05) is 34.1 Å². The maximum absolute atomic E-state index is 13.8. The molecule has 1 atom stereocenters. The third-order valence-corrected chi connectivity index (χ3v) is 10.6. The molecule has 4 aliphatic rings. The first kappa shape index (κ1) is 35.6. The zero-order chi connectivity index (χ0) is 38.8. The fourth-order valence-corrected chi connectivity index (χ4v) is 7.33. The van der Waals surface area contributed by atoms with E-state index in [0.717, 1.165) is 40.4 Å². The number of alkyl halides is 3. The number of carbonyl (C=O) groups excluding carboxylic acids is 5. The number of halogens is 3. The molecular formula is C40H34F3N7O5. The first-order valence-corrected chi connectivity index (χ1v) is 17.7. The van der Waals surface area contributed by atoms with E-state index in [1.54, 1.807) is 38.2 Å². The Kier molecular flexibility index (Phi) is 8.51. The molecule has 1 aromatic heterocycles. The van der Waals surface area contributed by atoms with Crippen molar-refractivity contribution >= 4 is 52.3 Å². The molecule has 55 heavy (non-hydrogen) atoms. The van der Waals surface area contributed by atoms with E-state index < -0.39 is 52.9 Å². The molecule has 2 saturated heterocycles. The fourth-order valence-electron chi connectivity index (χ4n) is 7.33. The molecule has 4 aliphatic heterocycles. The average molecular weight is 750 g/mol. The minimum Gasteiger partial charge on any atom is -0.369 e. The van der Waals surface area contributed by atoms with E-state index in [9.17, 15) is 37.1 Å². The number of hydrogen-bond donors (Lipinski definition) is 2. The van der Waals surface area contributed by atoms with Crippen LogP contribution < -0.4 is 20.4 Å². The van der Waals surface area contributed by atoms with E-state index in [4.69, 9.17) is 0 Å². The molecule has 15 heteroatoms. The van der Waals surface area contributed by atoms with Crippen LogP contribution in [0.1, 0.15) is 64.1 Å². The van der Waals surface area contributed by atoms with Gasteiger partial charge in [-0.15, -0.1) is 0 Å². The zero-order valence-corrected chi connectivity index (χ0v) is 29.7. The van der Waals surface area contributed by atoms with Gasteiger partial charge >= 0.3 is 6.18 Å². The Hall–Kier alpha value is -6.43. The summed E-state index contributed by atoms with van der Waals surface area (Å²) in [6, 6.07) is 14.9. The molecule has 0 radical (unpaired) electrons. The van der Waals surface area contributed by atoms with E-state index in [1.165, 1.54) is 16.9 Å². The highest BCUT2D eigenvalue weighted by atomic mass is 19.4. The second kappa shape index (κ2) is 13.2. The molecule has 2 fully saturated rings. The smallest absolute Gasteiger partial charge is 0.369 e. The molecule has 1 unspecified atom stereocenters. The Balaban J connectivity index is 0.928. The number of anilines is 4. The van der Waals surface area contributed by atoms with Crippen molar-refractivity contribution in [1.29, 1.82) is 0 Å². The minimum atomic E-state index is -4.61. The summed E-state index contributed by atoms with van der Waals surface area (Å²) in [6.45, 7) is 4.89. The van der Waals surface area contributed by atoms with Gasteiger partial charge < -0.3 is 15.1 Å². The van der Waals surface area contributed by atoms with Crippen molar-refractivity contribution in [1.82, 2.24) is 20.0 Å². The predicted molar refractivity (Wildman–Crippen MR) is 194 cm³/mol. The molecule has 5 heterocycles. The lowest BCUT2D eigenvalue weighted by atomic mass is 9.98. The summed E-state index contributed by atoms with van der Waals surface area (Å²) in [4.78, 5) is 68.8. The van der Waals surface area contributed by atoms with E-state index in [2.05, 4.69) is 27.6 Å². The van der Waals surface area contributed by atoms with Crippen LogP contribution in [0.2, 0.25) is 0 Å². The van der Waals surface area contributed by atoms with Gasteiger partial charge in [0.1, 0.15) is 11.6 Å². The third-order valence-electron chi connectivity index (χ3n) is 10.6. The average Bonchev–Trinajstić information content (AvgIpc) is 3.85. The number of para-hydroxylation sites is 1.